The van der Waals surface area contributed by atoms with Crippen LogP contribution in [0.3, 0.4) is 0 Å². The summed E-state index contributed by atoms with van der Waals surface area (Å²) in [6.07, 6.45) is 1.90. The van der Waals surface area contributed by atoms with Crippen molar-refractivity contribution in [3.05, 3.63) is 18.2 Å². The average Bonchev–Trinajstić information content (AvgIpc) is 2.51. The van der Waals surface area contributed by atoms with Crippen molar-refractivity contribution in [3.8, 4) is 0 Å². The largest absolute Gasteiger partial charge is 0.338 e. The molecule has 80 valence electrons. The molecule has 0 aromatic carbocycles. The monoisotopic (exact) mass is 203 g/mol. The van der Waals surface area contributed by atoms with Crippen LogP contribution in [0, 0.1) is 0 Å². The van der Waals surface area contributed by atoms with Crippen molar-refractivity contribution in [1.29, 1.82) is 0 Å². The van der Waals surface area contributed by atoms with E-state index in [4.69, 9.17) is 0 Å². The maximum Gasteiger partial charge on any atom is 0.253 e. The first kappa shape index (κ1) is 11.1. The van der Waals surface area contributed by atoms with Gasteiger partial charge in [0, 0.05) is 32.4 Å². The highest BCUT2D eigenvalue weighted by atomic mass is 19.3. The van der Waals surface area contributed by atoms with Gasteiger partial charge in [-0.15, -0.1) is 0 Å². The summed E-state index contributed by atoms with van der Waals surface area (Å²) >= 11 is 0. The molecule has 0 saturated heterocycles. The molecular weight excluding hydrogens is 188 g/mol. The van der Waals surface area contributed by atoms with Gasteiger partial charge in [-0.05, 0) is 6.92 Å². The minimum Gasteiger partial charge on any atom is -0.338 e. The molecule has 1 heterocycles. The maximum atomic E-state index is 12.1. The van der Waals surface area contributed by atoms with Crippen LogP contribution in [0.25, 0.3) is 0 Å². The minimum atomic E-state index is -2.31. The van der Waals surface area contributed by atoms with E-state index in [1.807, 2.05) is 17.8 Å². The Labute approximate surface area is 82.1 Å². The van der Waals surface area contributed by atoms with Gasteiger partial charge in [0.15, 0.2) is 0 Å². The van der Waals surface area contributed by atoms with Gasteiger partial charge < -0.3 is 9.88 Å². The van der Waals surface area contributed by atoms with Crippen molar-refractivity contribution in [2.45, 2.75) is 25.8 Å². The zero-order chi connectivity index (χ0) is 10.6. The number of rotatable bonds is 5. The van der Waals surface area contributed by atoms with Crippen LogP contribution in [-0.4, -0.2) is 28.6 Å². The van der Waals surface area contributed by atoms with Crippen molar-refractivity contribution in [2.24, 2.45) is 7.05 Å². The number of halogens is 2. The number of alkyl halides is 2. The van der Waals surface area contributed by atoms with E-state index in [1.165, 1.54) is 6.92 Å². The van der Waals surface area contributed by atoms with E-state index < -0.39 is 12.5 Å². The molecule has 0 aliphatic carbocycles. The average molecular weight is 203 g/mol. The first-order valence-electron chi connectivity index (χ1n) is 4.59. The predicted octanol–water partition coefficient (Wildman–Crippen LogP) is 1.21. The highest BCUT2D eigenvalue weighted by Crippen LogP contribution is 2.00. The van der Waals surface area contributed by atoms with E-state index in [9.17, 15) is 8.78 Å². The second kappa shape index (κ2) is 5.05. The second-order valence-corrected chi connectivity index (χ2v) is 3.28. The van der Waals surface area contributed by atoms with E-state index in [0.29, 0.717) is 13.0 Å². The SMILES string of the molecule is CC(NCCc1nccn1C)C(F)F. The number of nitrogens with one attached hydrogen (secondary N) is 1. The Morgan fingerprint density at radius 1 is 1.57 bits per heavy atom. The van der Waals surface area contributed by atoms with Crippen molar-refractivity contribution in [3.63, 3.8) is 0 Å². The molecule has 0 fully saturated rings. The van der Waals surface area contributed by atoms with Gasteiger partial charge in [-0.25, -0.2) is 13.8 Å². The molecule has 14 heavy (non-hydrogen) atoms. The fourth-order valence-corrected chi connectivity index (χ4v) is 1.14. The van der Waals surface area contributed by atoms with Gasteiger partial charge in [-0.1, -0.05) is 0 Å². The maximum absolute atomic E-state index is 12.1. The molecule has 1 aromatic rings. The lowest BCUT2D eigenvalue weighted by molar-refractivity contribution is 0.106. The quantitative estimate of drug-likeness (QED) is 0.779. The number of hydrogen-bond acceptors (Lipinski definition) is 2. The molecule has 0 spiro atoms. The Morgan fingerprint density at radius 3 is 2.79 bits per heavy atom. The van der Waals surface area contributed by atoms with Gasteiger partial charge in [0.1, 0.15) is 5.82 Å². The standard InChI is InChI=1S/C9H15F2N3/c1-7(9(10)11)12-4-3-8-13-5-6-14(8)2/h5-7,9,12H,3-4H2,1-2H3. The Morgan fingerprint density at radius 2 is 2.29 bits per heavy atom. The lowest BCUT2D eigenvalue weighted by atomic mass is 10.3. The van der Waals surface area contributed by atoms with E-state index in [1.54, 1.807) is 6.20 Å². The fraction of sp³-hybridized carbons (Fsp3) is 0.667. The summed E-state index contributed by atoms with van der Waals surface area (Å²) in [7, 11) is 1.89. The molecule has 0 aliphatic heterocycles. The van der Waals surface area contributed by atoms with Crippen LogP contribution in [0.4, 0.5) is 8.78 Å². The van der Waals surface area contributed by atoms with Gasteiger partial charge in [0.05, 0.1) is 6.04 Å². The summed E-state index contributed by atoms with van der Waals surface area (Å²) in [4.78, 5) is 4.09. The summed E-state index contributed by atoms with van der Waals surface area (Å²) < 4.78 is 26.1. The number of imidazole rings is 1. The van der Waals surface area contributed by atoms with Crippen LogP contribution in [0.1, 0.15) is 12.7 Å². The van der Waals surface area contributed by atoms with Crippen LogP contribution in [0.5, 0.6) is 0 Å². The number of aromatic nitrogens is 2. The zero-order valence-electron chi connectivity index (χ0n) is 8.37. The molecule has 3 nitrogen and oxygen atoms in total. The summed E-state index contributed by atoms with van der Waals surface area (Å²) in [5, 5.41) is 2.74. The summed E-state index contributed by atoms with van der Waals surface area (Å²) in [5.74, 6) is 0.902. The lowest BCUT2D eigenvalue weighted by Crippen LogP contribution is -2.34. The Balaban J connectivity index is 2.25. The number of aryl methyl sites for hydroxylation is 1. The van der Waals surface area contributed by atoms with Gasteiger partial charge in [0.2, 0.25) is 0 Å². The molecule has 0 aliphatic rings. The molecule has 1 atom stereocenters. The Bertz CT molecular complexity index is 273. The summed E-state index contributed by atoms with van der Waals surface area (Å²) in [6, 6.07) is -0.754. The molecule has 0 amide bonds. The van der Waals surface area contributed by atoms with Crippen LogP contribution in [0.15, 0.2) is 12.4 Å². The highest BCUT2D eigenvalue weighted by Gasteiger charge is 2.13. The Kier molecular flexibility index (Phi) is 4.00. The highest BCUT2D eigenvalue weighted by molar-refractivity contribution is 4.91. The zero-order valence-corrected chi connectivity index (χ0v) is 8.37. The molecule has 5 heteroatoms. The second-order valence-electron chi connectivity index (χ2n) is 3.28. The van der Waals surface area contributed by atoms with E-state index >= 15 is 0 Å². The summed E-state index contributed by atoms with van der Waals surface area (Å²) in [5.41, 5.74) is 0. The van der Waals surface area contributed by atoms with Crippen LogP contribution in [0.2, 0.25) is 0 Å². The molecule has 0 bridgehead atoms. The molecule has 1 rings (SSSR count). The third kappa shape index (κ3) is 3.06. The Hall–Kier alpha value is -0.970. The van der Waals surface area contributed by atoms with Crippen LogP contribution >= 0.6 is 0 Å². The van der Waals surface area contributed by atoms with Gasteiger partial charge >= 0.3 is 0 Å². The normalized spacial score (nSPS) is 13.5. The topological polar surface area (TPSA) is 29.9 Å². The van der Waals surface area contributed by atoms with Crippen molar-refractivity contribution in [2.75, 3.05) is 6.54 Å². The predicted molar refractivity (Wildman–Crippen MR) is 50.4 cm³/mol. The van der Waals surface area contributed by atoms with Crippen molar-refractivity contribution in [1.82, 2.24) is 14.9 Å². The van der Waals surface area contributed by atoms with E-state index in [0.717, 1.165) is 5.82 Å². The molecule has 1 unspecified atom stereocenters. The molecule has 0 saturated carbocycles. The summed E-state index contributed by atoms with van der Waals surface area (Å²) in [6.45, 7) is 2.00. The third-order valence-corrected chi connectivity index (χ3v) is 2.11. The molecule has 1 N–H and O–H groups in total. The van der Waals surface area contributed by atoms with E-state index in [2.05, 4.69) is 10.3 Å². The smallest absolute Gasteiger partial charge is 0.253 e. The third-order valence-electron chi connectivity index (χ3n) is 2.11. The van der Waals surface area contributed by atoms with Gasteiger partial charge in [-0.3, -0.25) is 0 Å². The number of hydrogen-bond donors (Lipinski definition) is 1. The van der Waals surface area contributed by atoms with Crippen molar-refractivity contribution >= 4 is 0 Å². The fourth-order valence-electron chi connectivity index (χ4n) is 1.14. The first-order valence-corrected chi connectivity index (χ1v) is 4.59. The molecule has 1 aromatic heterocycles. The molecular formula is C9H15F2N3. The van der Waals surface area contributed by atoms with Crippen LogP contribution < -0.4 is 5.32 Å². The van der Waals surface area contributed by atoms with Crippen LogP contribution in [-0.2, 0) is 13.5 Å². The minimum absolute atomic E-state index is 0.524. The van der Waals surface area contributed by atoms with Gasteiger partial charge in [-0.2, -0.15) is 0 Å². The lowest BCUT2D eigenvalue weighted by Gasteiger charge is -2.11. The number of nitrogens with zero attached hydrogens (tertiary/aromatic N) is 2. The van der Waals surface area contributed by atoms with E-state index in [-0.39, 0.29) is 0 Å². The first-order chi connectivity index (χ1) is 6.61. The molecule has 0 radical (unpaired) electrons. The van der Waals surface area contributed by atoms with Crippen molar-refractivity contribution < 1.29 is 8.78 Å². The van der Waals surface area contributed by atoms with Gasteiger partial charge in [0.25, 0.3) is 6.43 Å².